The number of methoxy groups -OCH3 is 1. The van der Waals surface area contributed by atoms with E-state index < -0.39 is 42.1 Å². The Hall–Kier alpha value is -4.42. The molecule has 2 aliphatic heterocycles. The largest absolute Gasteiger partial charge is 0.496 e. The van der Waals surface area contributed by atoms with E-state index in [-0.39, 0.29) is 37.0 Å². The van der Waals surface area contributed by atoms with Gasteiger partial charge in [-0.1, -0.05) is 17.7 Å². The Bertz CT molecular complexity index is 1670. The Morgan fingerprint density at radius 3 is 2.43 bits per heavy atom. The average molecular weight is 657 g/mol. The van der Waals surface area contributed by atoms with Crippen LogP contribution in [-0.4, -0.2) is 64.4 Å². The van der Waals surface area contributed by atoms with Crippen molar-refractivity contribution in [2.45, 2.75) is 76.5 Å². The van der Waals surface area contributed by atoms with Crippen LogP contribution in [0, 0.1) is 12.8 Å². The molecule has 9 nitrogen and oxygen atoms in total. The van der Waals surface area contributed by atoms with Gasteiger partial charge in [0, 0.05) is 17.3 Å². The molecule has 0 bridgehead atoms. The van der Waals surface area contributed by atoms with Gasteiger partial charge >= 0.3 is 18.2 Å². The monoisotopic (exact) mass is 656 g/mol. The average Bonchev–Trinajstić information content (AvgIpc) is 3.30. The summed E-state index contributed by atoms with van der Waals surface area (Å²) in [6.45, 7) is 3.49. The van der Waals surface area contributed by atoms with Crippen molar-refractivity contribution in [1.29, 1.82) is 0 Å². The van der Waals surface area contributed by atoms with Gasteiger partial charge in [0.05, 0.1) is 50.0 Å². The molecular formula is C34H36F4N4O5. The molecule has 2 saturated heterocycles. The van der Waals surface area contributed by atoms with Crippen LogP contribution in [-0.2, 0) is 22.3 Å². The fraction of sp³-hybridized carbons (Fsp3) is 0.471. The number of benzene rings is 2. The van der Waals surface area contributed by atoms with Gasteiger partial charge in [0.1, 0.15) is 18.0 Å². The number of carbonyl (C=O) groups excluding carboxylic acids is 1. The summed E-state index contributed by atoms with van der Waals surface area (Å²) < 4.78 is 65.9. The molecule has 0 radical (unpaired) electrons. The molecule has 0 unspecified atom stereocenters. The Kier molecular flexibility index (Phi) is 8.75. The highest BCUT2D eigenvalue weighted by atomic mass is 19.4. The Morgan fingerprint density at radius 1 is 1.06 bits per heavy atom. The van der Waals surface area contributed by atoms with E-state index in [1.54, 1.807) is 31.0 Å². The molecule has 13 heteroatoms. The zero-order valence-electron chi connectivity index (χ0n) is 26.3. The Labute approximate surface area is 269 Å². The summed E-state index contributed by atoms with van der Waals surface area (Å²) in [6, 6.07) is 8.78. The number of carboxylic acids is 1. The van der Waals surface area contributed by atoms with Crippen LogP contribution < -0.4 is 9.64 Å². The summed E-state index contributed by atoms with van der Waals surface area (Å²) in [5.74, 6) is -0.153. The van der Waals surface area contributed by atoms with Crippen molar-refractivity contribution in [3.8, 4) is 16.9 Å². The number of halogens is 4. The predicted octanol–water partition coefficient (Wildman–Crippen LogP) is 7.08. The maximum Gasteiger partial charge on any atom is 0.416 e. The zero-order valence-corrected chi connectivity index (χ0v) is 26.3. The van der Waals surface area contributed by atoms with E-state index in [9.17, 15) is 32.3 Å². The van der Waals surface area contributed by atoms with Gasteiger partial charge in [0.25, 0.3) is 0 Å². The van der Waals surface area contributed by atoms with Gasteiger partial charge in [-0.15, -0.1) is 0 Å². The molecule has 3 heterocycles. The van der Waals surface area contributed by atoms with Gasteiger partial charge in [0.15, 0.2) is 0 Å². The van der Waals surface area contributed by atoms with Crippen molar-refractivity contribution < 1.29 is 41.7 Å². The first-order valence-electron chi connectivity index (χ1n) is 15.6. The molecule has 1 aromatic heterocycles. The normalized spacial score (nSPS) is 23.4. The third-order valence-electron chi connectivity index (χ3n) is 9.50. The van der Waals surface area contributed by atoms with Gasteiger partial charge in [-0.05, 0) is 80.8 Å². The van der Waals surface area contributed by atoms with E-state index in [0.29, 0.717) is 46.9 Å². The van der Waals surface area contributed by atoms with Crippen LogP contribution in [0.4, 0.5) is 28.3 Å². The lowest BCUT2D eigenvalue weighted by Gasteiger charge is -2.34. The fourth-order valence-corrected chi connectivity index (χ4v) is 6.82. The molecule has 3 aliphatic rings. The smallest absolute Gasteiger partial charge is 0.416 e. The molecule has 1 saturated carbocycles. The van der Waals surface area contributed by atoms with Crippen LogP contribution in [0.1, 0.15) is 72.6 Å². The minimum absolute atomic E-state index is 0.0523. The number of anilines is 1. The van der Waals surface area contributed by atoms with E-state index in [2.05, 4.69) is 4.98 Å². The van der Waals surface area contributed by atoms with Crippen LogP contribution in [0.15, 0.2) is 42.6 Å². The maximum absolute atomic E-state index is 13.8. The predicted molar refractivity (Wildman–Crippen MR) is 164 cm³/mol. The number of aliphatic carboxylic acids is 1. The second-order valence-electron chi connectivity index (χ2n) is 12.7. The van der Waals surface area contributed by atoms with E-state index in [1.165, 1.54) is 12.0 Å². The van der Waals surface area contributed by atoms with Crippen molar-refractivity contribution in [2.24, 2.45) is 5.92 Å². The van der Waals surface area contributed by atoms with Crippen LogP contribution in [0.2, 0.25) is 0 Å². The molecule has 250 valence electrons. The second-order valence-corrected chi connectivity index (χ2v) is 12.7. The first kappa shape index (κ1) is 32.5. The minimum atomic E-state index is -4.56. The molecular weight excluding hydrogens is 620 g/mol. The van der Waals surface area contributed by atoms with E-state index in [0.717, 1.165) is 30.5 Å². The van der Waals surface area contributed by atoms with Gasteiger partial charge in [-0.2, -0.15) is 13.2 Å². The van der Waals surface area contributed by atoms with Gasteiger partial charge in [-0.25, -0.2) is 19.2 Å². The topological polar surface area (TPSA) is 105 Å². The fourth-order valence-electron chi connectivity index (χ4n) is 6.82. The van der Waals surface area contributed by atoms with Crippen molar-refractivity contribution in [1.82, 2.24) is 14.9 Å². The summed E-state index contributed by atoms with van der Waals surface area (Å²) in [7, 11) is 1.54. The summed E-state index contributed by atoms with van der Waals surface area (Å²) >= 11 is 0. The van der Waals surface area contributed by atoms with Crippen molar-refractivity contribution in [3.05, 3.63) is 70.5 Å². The van der Waals surface area contributed by atoms with E-state index in [1.807, 2.05) is 18.2 Å². The number of hydrogen-bond donors (Lipinski definition) is 1. The highest BCUT2D eigenvalue weighted by Gasteiger charge is 2.42. The molecule has 1 amide bonds. The molecule has 1 N–H and O–H groups in total. The number of cyclic esters (lactones) is 1. The summed E-state index contributed by atoms with van der Waals surface area (Å²) in [4.78, 5) is 37.2. The van der Waals surface area contributed by atoms with E-state index >= 15 is 0 Å². The number of alkyl halides is 4. The Balaban J connectivity index is 1.34. The van der Waals surface area contributed by atoms with Gasteiger partial charge in [-0.3, -0.25) is 9.69 Å². The third kappa shape index (κ3) is 6.57. The van der Waals surface area contributed by atoms with Gasteiger partial charge in [0.2, 0.25) is 5.95 Å². The zero-order chi connectivity index (χ0) is 33.6. The Morgan fingerprint density at radius 2 is 1.79 bits per heavy atom. The van der Waals surface area contributed by atoms with Crippen molar-refractivity contribution in [3.63, 3.8) is 0 Å². The number of aromatic nitrogens is 2. The highest BCUT2D eigenvalue weighted by molar-refractivity contribution is 5.75. The van der Waals surface area contributed by atoms with Crippen molar-refractivity contribution in [2.75, 3.05) is 25.1 Å². The number of hydrogen-bond acceptors (Lipinski definition) is 7. The molecule has 3 fully saturated rings. The quantitative estimate of drug-likeness (QED) is 0.257. The standard InChI is InChI=1S/C34H36F4N4O5/c1-18-10-23(12-24(11-18)34(36,37)38)30-19(2)42(33(45)47-30)17-28-27(14-39-32(40-28)41-15-25(35)16-41)26-13-22(8-9-29(26)46-3)20-4-6-21(7-5-20)31(43)44/h8-14,19-21,25,30H,4-7,15-17H2,1-3H3,(H,43,44)/t19-,20-,21-,30-/m0/s1. The molecule has 6 rings (SSSR count). The van der Waals surface area contributed by atoms with Gasteiger partial charge < -0.3 is 19.5 Å². The van der Waals surface area contributed by atoms with E-state index in [4.69, 9.17) is 14.5 Å². The van der Waals surface area contributed by atoms with Crippen LogP contribution in [0.5, 0.6) is 5.75 Å². The van der Waals surface area contributed by atoms with Crippen LogP contribution >= 0.6 is 0 Å². The first-order chi connectivity index (χ1) is 22.3. The second kappa shape index (κ2) is 12.6. The SMILES string of the molecule is COc1ccc([C@H]2CC[C@H](C(=O)O)CC2)cc1-c1cnc(N2CC(F)C2)nc1CN1C(=O)O[C@H](c2cc(C)cc(C(F)(F)F)c2)[C@@H]1C. The third-order valence-corrected chi connectivity index (χ3v) is 9.50. The van der Waals surface area contributed by atoms with Crippen LogP contribution in [0.3, 0.4) is 0 Å². The maximum atomic E-state index is 13.8. The molecule has 2 aromatic carbocycles. The molecule has 47 heavy (non-hydrogen) atoms. The molecule has 0 spiro atoms. The number of amides is 1. The van der Waals surface area contributed by atoms with Crippen molar-refractivity contribution >= 4 is 18.0 Å². The lowest BCUT2D eigenvalue weighted by Crippen LogP contribution is -2.49. The lowest BCUT2D eigenvalue weighted by atomic mass is 9.78. The summed E-state index contributed by atoms with van der Waals surface area (Å²) in [5.41, 5.74) is 2.51. The number of rotatable bonds is 8. The number of carbonyl (C=O) groups is 2. The lowest BCUT2D eigenvalue weighted by molar-refractivity contribution is -0.143. The number of ether oxygens (including phenoxy) is 2. The van der Waals surface area contributed by atoms with Crippen LogP contribution in [0.25, 0.3) is 11.1 Å². The minimum Gasteiger partial charge on any atom is -0.496 e. The molecule has 1 aliphatic carbocycles. The number of aryl methyl sites for hydroxylation is 1. The first-order valence-corrected chi connectivity index (χ1v) is 15.6. The summed E-state index contributed by atoms with van der Waals surface area (Å²) in [5, 5.41) is 9.44. The number of carboxylic acid groups (broad SMARTS) is 1. The number of nitrogens with zero attached hydrogens (tertiary/aromatic N) is 4. The summed E-state index contributed by atoms with van der Waals surface area (Å²) in [6.07, 6.45) is -2.99. The molecule has 2 atom stereocenters. The molecule has 3 aromatic rings. The highest BCUT2D eigenvalue weighted by Crippen LogP contribution is 2.42.